The largest absolute Gasteiger partial charge is 0.497 e. The molecule has 0 spiro atoms. The third kappa shape index (κ3) is 4.39. The predicted molar refractivity (Wildman–Crippen MR) is 71.5 cm³/mol. The molecule has 1 saturated carbocycles. The fourth-order valence-electron chi connectivity index (χ4n) is 2.19. The minimum Gasteiger partial charge on any atom is -0.497 e. The van der Waals surface area contributed by atoms with E-state index >= 15 is 0 Å². The number of nitrogens with one attached hydrogen (secondary N) is 1. The monoisotopic (exact) mass is 233 g/mol. The molecular formula is C15H23NO. The molecule has 1 aromatic carbocycles. The molecule has 1 aliphatic carbocycles. The molecule has 94 valence electrons. The van der Waals surface area contributed by atoms with Crippen LogP contribution in [0.2, 0.25) is 0 Å². The van der Waals surface area contributed by atoms with Crippen molar-refractivity contribution >= 4 is 0 Å². The van der Waals surface area contributed by atoms with Gasteiger partial charge in [-0.3, -0.25) is 0 Å². The van der Waals surface area contributed by atoms with E-state index in [1.165, 1.54) is 24.8 Å². The van der Waals surface area contributed by atoms with Gasteiger partial charge in [0.05, 0.1) is 7.11 Å². The maximum atomic E-state index is 5.15. The summed E-state index contributed by atoms with van der Waals surface area (Å²) in [5, 5.41) is 3.60. The smallest absolute Gasteiger partial charge is 0.118 e. The van der Waals surface area contributed by atoms with E-state index in [1.54, 1.807) is 7.11 Å². The highest BCUT2D eigenvalue weighted by atomic mass is 16.5. The second-order valence-corrected chi connectivity index (χ2v) is 5.13. The zero-order valence-electron chi connectivity index (χ0n) is 10.9. The van der Waals surface area contributed by atoms with Gasteiger partial charge in [0.25, 0.3) is 0 Å². The zero-order valence-corrected chi connectivity index (χ0v) is 10.9. The molecule has 1 unspecified atom stereocenters. The van der Waals surface area contributed by atoms with Crippen LogP contribution in [0.5, 0.6) is 5.75 Å². The van der Waals surface area contributed by atoms with Crippen molar-refractivity contribution in [3.05, 3.63) is 29.8 Å². The van der Waals surface area contributed by atoms with Gasteiger partial charge < -0.3 is 10.1 Å². The van der Waals surface area contributed by atoms with Crippen molar-refractivity contribution in [2.24, 2.45) is 5.92 Å². The molecule has 0 bridgehead atoms. The first-order chi connectivity index (χ1) is 8.28. The quantitative estimate of drug-likeness (QED) is 0.781. The van der Waals surface area contributed by atoms with Crippen molar-refractivity contribution in [1.29, 1.82) is 0 Å². The first-order valence-corrected chi connectivity index (χ1v) is 6.64. The summed E-state index contributed by atoms with van der Waals surface area (Å²) in [4.78, 5) is 0. The summed E-state index contributed by atoms with van der Waals surface area (Å²) in [6, 6.07) is 9.02. The van der Waals surface area contributed by atoms with Gasteiger partial charge in [0.15, 0.2) is 0 Å². The lowest BCUT2D eigenvalue weighted by Gasteiger charge is -2.13. The van der Waals surface area contributed by atoms with Crippen molar-refractivity contribution in [2.45, 2.75) is 38.6 Å². The lowest BCUT2D eigenvalue weighted by Crippen LogP contribution is -2.28. The molecule has 1 N–H and O–H groups in total. The van der Waals surface area contributed by atoms with E-state index in [-0.39, 0.29) is 0 Å². The van der Waals surface area contributed by atoms with E-state index in [4.69, 9.17) is 4.74 Å². The normalized spacial score (nSPS) is 16.8. The summed E-state index contributed by atoms with van der Waals surface area (Å²) in [5.41, 5.74) is 1.37. The van der Waals surface area contributed by atoms with E-state index in [0.717, 1.165) is 24.6 Å². The Kier molecular flexibility index (Phi) is 4.43. The van der Waals surface area contributed by atoms with Gasteiger partial charge in [-0.1, -0.05) is 25.0 Å². The highest BCUT2D eigenvalue weighted by Gasteiger charge is 2.22. The van der Waals surface area contributed by atoms with Gasteiger partial charge >= 0.3 is 0 Å². The summed E-state index contributed by atoms with van der Waals surface area (Å²) in [6.07, 6.45) is 5.34. The lowest BCUT2D eigenvalue weighted by atomic mass is 10.1. The van der Waals surface area contributed by atoms with Gasteiger partial charge in [-0.15, -0.1) is 0 Å². The van der Waals surface area contributed by atoms with E-state index in [9.17, 15) is 0 Å². The molecular weight excluding hydrogens is 210 g/mol. The average molecular weight is 233 g/mol. The number of methoxy groups -OCH3 is 1. The number of hydrogen-bond acceptors (Lipinski definition) is 2. The van der Waals surface area contributed by atoms with E-state index in [2.05, 4.69) is 24.4 Å². The topological polar surface area (TPSA) is 21.3 Å². The molecule has 2 heteroatoms. The number of ether oxygens (including phenoxy) is 1. The molecule has 0 aromatic heterocycles. The lowest BCUT2D eigenvalue weighted by molar-refractivity contribution is 0.414. The van der Waals surface area contributed by atoms with Crippen molar-refractivity contribution in [3.8, 4) is 5.75 Å². The molecule has 1 aromatic rings. The van der Waals surface area contributed by atoms with Crippen molar-refractivity contribution in [3.63, 3.8) is 0 Å². The molecule has 0 aliphatic heterocycles. The highest BCUT2D eigenvalue weighted by molar-refractivity contribution is 5.27. The SMILES string of the molecule is COc1ccc(CCNC(C)CC2CC2)cc1. The summed E-state index contributed by atoms with van der Waals surface area (Å²) in [5.74, 6) is 1.95. The standard InChI is InChI=1S/C15H23NO/c1-12(11-14-3-4-14)16-10-9-13-5-7-15(17-2)8-6-13/h5-8,12,14,16H,3-4,9-11H2,1-2H3. The van der Waals surface area contributed by atoms with Crippen LogP contribution in [0, 0.1) is 5.92 Å². The van der Waals surface area contributed by atoms with E-state index < -0.39 is 0 Å². The number of rotatable bonds is 7. The van der Waals surface area contributed by atoms with Crippen molar-refractivity contribution in [2.75, 3.05) is 13.7 Å². The Hall–Kier alpha value is -1.02. The average Bonchev–Trinajstić information content (AvgIpc) is 3.14. The summed E-state index contributed by atoms with van der Waals surface area (Å²) < 4.78 is 5.15. The Balaban J connectivity index is 1.65. The first-order valence-electron chi connectivity index (χ1n) is 6.64. The second-order valence-electron chi connectivity index (χ2n) is 5.13. The predicted octanol–water partition coefficient (Wildman–Crippen LogP) is 3.02. The third-order valence-corrected chi connectivity index (χ3v) is 3.45. The summed E-state index contributed by atoms with van der Waals surface area (Å²) in [6.45, 7) is 3.37. The highest BCUT2D eigenvalue weighted by Crippen LogP contribution is 2.33. The van der Waals surface area contributed by atoms with Crippen LogP contribution in [-0.4, -0.2) is 19.7 Å². The van der Waals surface area contributed by atoms with Gasteiger partial charge in [0.1, 0.15) is 5.75 Å². The van der Waals surface area contributed by atoms with E-state index in [1.807, 2.05) is 12.1 Å². The zero-order chi connectivity index (χ0) is 12.1. The number of benzene rings is 1. The summed E-state index contributed by atoms with van der Waals surface area (Å²) in [7, 11) is 1.70. The number of hydrogen-bond donors (Lipinski definition) is 1. The minimum absolute atomic E-state index is 0.667. The van der Waals surface area contributed by atoms with Gasteiger partial charge in [-0.25, -0.2) is 0 Å². The Morgan fingerprint density at radius 3 is 2.59 bits per heavy atom. The maximum absolute atomic E-state index is 5.15. The van der Waals surface area contributed by atoms with Gasteiger partial charge in [0, 0.05) is 6.04 Å². The fraction of sp³-hybridized carbons (Fsp3) is 0.600. The molecule has 2 rings (SSSR count). The maximum Gasteiger partial charge on any atom is 0.118 e. The summed E-state index contributed by atoms with van der Waals surface area (Å²) >= 11 is 0. The van der Waals surface area contributed by atoms with Crippen LogP contribution >= 0.6 is 0 Å². The Morgan fingerprint density at radius 2 is 2.00 bits per heavy atom. The molecule has 2 nitrogen and oxygen atoms in total. The van der Waals surface area contributed by atoms with E-state index in [0.29, 0.717) is 6.04 Å². The third-order valence-electron chi connectivity index (χ3n) is 3.45. The molecule has 0 heterocycles. The Labute approximate surface area is 104 Å². The van der Waals surface area contributed by atoms with Crippen LogP contribution in [-0.2, 0) is 6.42 Å². The molecule has 1 aliphatic rings. The van der Waals surface area contributed by atoms with Gasteiger partial charge in [0.2, 0.25) is 0 Å². The molecule has 0 saturated heterocycles. The molecule has 0 radical (unpaired) electrons. The van der Waals surface area contributed by atoms with Crippen LogP contribution in [0.25, 0.3) is 0 Å². The van der Waals surface area contributed by atoms with Crippen LogP contribution in [0.3, 0.4) is 0 Å². The molecule has 0 amide bonds. The van der Waals surface area contributed by atoms with Crippen LogP contribution in [0.1, 0.15) is 31.7 Å². The van der Waals surface area contributed by atoms with Crippen molar-refractivity contribution in [1.82, 2.24) is 5.32 Å². The van der Waals surface area contributed by atoms with Crippen LogP contribution < -0.4 is 10.1 Å². The minimum atomic E-state index is 0.667. The van der Waals surface area contributed by atoms with Gasteiger partial charge in [-0.05, 0) is 49.9 Å². The second kappa shape index (κ2) is 6.06. The van der Waals surface area contributed by atoms with Crippen LogP contribution in [0.4, 0.5) is 0 Å². The molecule has 17 heavy (non-hydrogen) atoms. The van der Waals surface area contributed by atoms with Gasteiger partial charge in [-0.2, -0.15) is 0 Å². The Bertz CT molecular complexity index is 329. The van der Waals surface area contributed by atoms with Crippen molar-refractivity contribution < 1.29 is 4.74 Å². The first kappa shape index (κ1) is 12.4. The van der Waals surface area contributed by atoms with Crippen LogP contribution in [0.15, 0.2) is 24.3 Å². The Morgan fingerprint density at radius 1 is 1.29 bits per heavy atom. The molecule has 1 fully saturated rings. The molecule has 1 atom stereocenters. The fourth-order valence-corrected chi connectivity index (χ4v) is 2.19.